The molecule has 0 radical (unpaired) electrons. The van der Waals surface area contributed by atoms with E-state index >= 15 is 0 Å². The number of halogens is 1. The molecule has 1 unspecified atom stereocenters. The molecule has 0 bridgehead atoms. The maximum Gasteiger partial charge on any atom is 0.141 e. The summed E-state index contributed by atoms with van der Waals surface area (Å²) in [6.07, 6.45) is 2.73. The fraction of sp³-hybridized carbons (Fsp3) is 0.538. The van der Waals surface area contributed by atoms with Crippen molar-refractivity contribution in [3.8, 4) is 5.75 Å². The van der Waals surface area contributed by atoms with E-state index in [4.69, 9.17) is 16.3 Å². The number of aliphatic hydroxyl groups excluding tert-OH is 1. The molecule has 0 aliphatic heterocycles. The van der Waals surface area contributed by atoms with Gasteiger partial charge in [-0.1, -0.05) is 23.7 Å². The summed E-state index contributed by atoms with van der Waals surface area (Å²) in [7, 11) is 0. The lowest BCUT2D eigenvalue weighted by Gasteiger charge is -2.13. The van der Waals surface area contributed by atoms with Gasteiger partial charge in [-0.3, -0.25) is 0 Å². The van der Waals surface area contributed by atoms with Crippen LogP contribution in [0.5, 0.6) is 5.75 Å². The summed E-state index contributed by atoms with van der Waals surface area (Å²) in [5, 5.41) is 10.1. The molecule has 1 aliphatic carbocycles. The van der Waals surface area contributed by atoms with E-state index < -0.39 is 0 Å². The van der Waals surface area contributed by atoms with Crippen molar-refractivity contribution in [1.29, 1.82) is 0 Å². The molecule has 3 heteroatoms. The van der Waals surface area contributed by atoms with Crippen molar-refractivity contribution in [1.82, 2.24) is 0 Å². The third-order valence-corrected chi connectivity index (χ3v) is 3.02. The van der Waals surface area contributed by atoms with Crippen molar-refractivity contribution in [3.05, 3.63) is 28.8 Å². The van der Waals surface area contributed by atoms with Gasteiger partial charge in [-0.2, -0.15) is 0 Å². The minimum Gasteiger partial charge on any atom is -0.491 e. The average molecular weight is 241 g/mol. The fourth-order valence-corrected chi connectivity index (χ4v) is 1.93. The van der Waals surface area contributed by atoms with Crippen molar-refractivity contribution < 1.29 is 9.84 Å². The fourth-order valence-electron chi connectivity index (χ4n) is 1.68. The third kappa shape index (κ3) is 3.13. The van der Waals surface area contributed by atoms with Gasteiger partial charge in [0, 0.05) is 6.42 Å². The summed E-state index contributed by atoms with van der Waals surface area (Å²) in [6.45, 7) is 2.52. The first kappa shape index (κ1) is 11.7. The van der Waals surface area contributed by atoms with E-state index in [1.807, 2.05) is 18.2 Å². The lowest BCUT2D eigenvalue weighted by atomic mass is 10.1. The molecule has 1 aromatic rings. The van der Waals surface area contributed by atoms with Crippen LogP contribution in [-0.2, 0) is 6.42 Å². The van der Waals surface area contributed by atoms with E-state index in [2.05, 4.69) is 0 Å². The molecule has 0 heterocycles. The molecule has 1 N–H and O–H groups in total. The predicted molar refractivity (Wildman–Crippen MR) is 65.1 cm³/mol. The highest BCUT2D eigenvalue weighted by atomic mass is 35.5. The SMILES string of the molecule is CC(O)Cc1cccc(Cl)c1OCC1CC1. The molecule has 1 fully saturated rings. The molecule has 1 saturated carbocycles. The van der Waals surface area contributed by atoms with Gasteiger partial charge in [-0.25, -0.2) is 0 Å². The second-order valence-corrected chi connectivity index (χ2v) is 4.94. The topological polar surface area (TPSA) is 29.5 Å². The molecule has 2 rings (SSSR count). The van der Waals surface area contributed by atoms with Crippen molar-refractivity contribution in [2.24, 2.45) is 5.92 Å². The minimum atomic E-state index is -0.373. The van der Waals surface area contributed by atoms with E-state index in [1.54, 1.807) is 6.92 Å². The molecular weight excluding hydrogens is 224 g/mol. The van der Waals surface area contributed by atoms with Crippen LogP contribution in [-0.4, -0.2) is 17.8 Å². The van der Waals surface area contributed by atoms with E-state index in [-0.39, 0.29) is 6.10 Å². The van der Waals surface area contributed by atoms with Gasteiger partial charge in [0.1, 0.15) is 5.75 Å². The van der Waals surface area contributed by atoms with Crippen molar-refractivity contribution in [3.63, 3.8) is 0 Å². The number of hydrogen-bond acceptors (Lipinski definition) is 2. The van der Waals surface area contributed by atoms with Gasteiger partial charge >= 0.3 is 0 Å². The van der Waals surface area contributed by atoms with E-state index in [9.17, 15) is 5.11 Å². The largest absolute Gasteiger partial charge is 0.491 e. The molecule has 1 atom stereocenters. The lowest BCUT2D eigenvalue weighted by molar-refractivity contribution is 0.193. The van der Waals surface area contributed by atoms with Crippen molar-refractivity contribution >= 4 is 11.6 Å². The smallest absolute Gasteiger partial charge is 0.141 e. The normalized spacial score (nSPS) is 17.2. The summed E-state index contributed by atoms with van der Waals surface area (Å²) in [6, 6.07) is 5.68. The van der Waals surface area contributed by atoms with Gasteiger partial charge in [0.15, 0.2) is 0 Å². The van der Waals surface area contributed by atoms with Gasteiger partial charge in [-0.05, 0) is 37.3 Å². The summed E-state index contributed by atoms with van der Waals surface area (Å²) in [5.41, 5.74) is 0.989. The van der Waals surface area contributed by atoms with Crippen LogP contribution in [0.25, 0.3) is 0 Å². The molecule has 0 amide bonds. The van der Waals surface area contributed by atoms with Crippen LogP contribution in [0.2, 0.25) is 5.02 Å². The summed E-state index contributed by atoms with van der Waals surface area (Å²) >= 11 is 6.11. The number of hydrogen-bond donors (Lipinski definition) is 1. The number of ether oxygens (including phenoxy) is 1. The molecule has 16 heavy (non-hydrogen) atoms. The van der Waals surface area contributed by atoms with Crippen molar-refractivity contribution in [2.75, 3.05) is 6.61 Å². The summed E-state index contributed by atoms with van der Waals surface area (Å²) < 4.78 is 5.75. The second-order valence-electron chi connectivity index (χ2n) is 4.54. The number of rotatable bonds is 5. The van der Waals surface area contributed by atoms with Gasteiger partial charge in [-0.15, -0.1) is 0 Å². The standard InChI is InChI=1S/C13H17ClO2/c1-9(15)7-11-3-2-4-12(14)13(11)16-8-10-5-6-10/h2-4,9-10,15H,5-8H2,1H3. The maximum absolute atomic E-state index is 9.41. The van der Waals surface area contributed by atoms with E-state index in [0.29, 0.717) is 17.4 Å². The van der Waals surface area contributed by atoms with Crippen LogP contribution >= 0.6 is 11.6 Å². The Kier molecular flexibility index (Phi) is 3.72. The molecular formula is C13H17ClO2. The number of aliphatic hydroxyl groups is 1. The Morgan fingerprint density at radius 2 is 2.25 bits per heavy atom. The van der Waals surface area contributed by atoms with Gasteiger partial charge in [0.25, 0.3) is 0 Å². The number of para-hydroxylation sites is 1. The van der Waals surface area contributed by atoms with Gasteiger partial charge in [0.2, 0.25) is 0 Å². The van der Waals surface area contributed by atoms with Crippen LogP contribution in [0.1, 0.15) is 25.3 Å². The average Bonchev–Trinajstić information content (AvgIpc) is 2.99. The minimum absolute atomic E-state index is 0.373. The zero-order valence-electron chi connectivity index (χ0n) is 9.45. The van der Waals surface area contributed by atoms with Crippen LogP contribution in [0.3, 0.4) is 0 Å². The first-order chi connectivity index (χ1) is 7.66. The zero-order valence-corrected chi connectivity index (χ0v) is 10.2. The van der Waals surface area contributed by atoms with Gasteiger partial charge in [0.05, 0.1) is 17.7 Å². The number of benzene rings is 1. The Balaban J connectivity index is 2.10. The molecule has 0 aromatic heterocycles. The lowest BCUT2D eigenvalue weighted by Crippen LogP contribution is -2.08. The second kappa shape index (κ2) is 5.07. The predicted octanol–water partition coefficient (Wildman–Crippen LogP) is 3.05. The first-order valence-corrected chi connectivity index (χ1v) is 6.13. The Morgan fingerprint density at radius 3 is 2.88 bits per heavy atom. The maximum atomic E-state index is 9.41. The summed E-state index contributed by atoms with van der Waals surface area (Å²) in [4.78, 5) is 0. The summed E-state index contributed by atoms with van der Waals surface area (Å²) in [5.74, 6) is 1.45. The molecule has 88 valence electrons. The molecule has 0 saturated heterocycles. The van der Waals surface area contributed by atoms with Gasteiger partial charge < -0.3 is 9.84 Å². The molecule has 1 aliphatic rings. The van der Waals surface area contributed by atoms with E-state index in [1.165, 1.54) is 12.8 Å². The van der Waals surface area contributed by atoms with E-state index in [0.717, 1.165) is 17.9 Å². The molecule has 2 nitrogen and oxygen atoms in total. The monoisotopic (exact) mass is 240 g/mol. The van der Waals surface area contributed by atoms with Crippen LogP contribution in [0.15, 0.2) is 18.2 Å². The van der Waals surface area contributed by atoms with Crippen LogP contribution < -0.4 is 4.74 Å². The van der Waals surface area contributed by atoms with Crippen molar-refractivity contribution in [2.45, 2.75) is 32.3 Å². The Morgan fingerprint density at radius 1 is 1.50 bits per heavy atom. The Hall–Kier alpha value is -0.730. The zero-order chi connectivity index (χ0) is 11.5. The highest BCUT2D eigenvalue weighted by Crippen LogP contribution is 2.34. The molecule has 1 aromatic carbocycles. The Bertz CT molecular complexity index is 359. The molecule has 0 spiro atoms. The third-order valence-electron chi connectivity index (χ3n) is 2.72. The highest BCUT2D eigenvalue weighted by molar-refractivity contribution is 6.32. The highest BCUT2D eigenvalue weighted by Gasteiger charge is 2.23. The van der Waals surface area contributed by atoms with Crippen LogP contribution in [0.4, 0.5) is 0 Å². The quantitative estimate of drug-likeness (QED) is 0.857. The first-order valence-electron chi connectivity index (χ1n) is 5.75. The van der Waals surface area contributed by atoms with Crippen LogP contribution in [0, 0.1) is 5.92 Å². The Labute approximate surface area is 101 Å².